The molecule has 0 unspecified atom stereocenters. The maximum Gasteiger partial charge on any atom is 0.269 e. The summed E-state index contributed by atoms with van der Waals surface area (Å²) in [5.74, 6) is 0.528. The lowest BCUT2D eigenvalue weighted by Gasteiger charge is -2.07. The first-order valence-corrected chi connectivity index (χ1v) is 8.34. The van der Waals surface area contributed by atoms with Crippen molar-refractivity contribution >= 4 is 23.6 Å². The number of hydrogen-bond donors (Lipinski definition) is 2. The maximum atomic E-state index is 11.9. The molecular weight excluding hydrogens is 342 g/mol. The molecule has 2 amide bonds. The van der Waals surface area contributed by atoms with E-state index in [1.54, 1.807) is 54.3 Å². The van der Waals surface area contributed by atoms with Crippen LogP contribution in [-0.2, 0) is 11.8 Å². The van der Waals surface area contributed by atoms with E-state index in [1.807, 2.05) is 6.07 Å². The summed E-state index contributed by atoms with van der Waals surface area (Å²) < 4.78 is 7.02. The molecule has 1 aromatic carbocycles. The third-order valence-electron chi connectivity index (χ3n) is 3.26. The minimum absolute atomic E-state index is 0.0825. The van der Waals surface area contributed by atoms with Crippen LogP contribution in [-0.4, -0.2) is 32.3 Å². The summed E-state index contributed by atoms with van der Waals surface area (Å²) in [6.45, 7) is 0. The Morgan fingerprint density at radius 3 is 2.64 bits per heavy atom. The number of hydrazine groups is 1. The number of carbonyl (C=O) groups excluding carboxylic acids is 2. The van der Waals surface area contributed by atoms with E-state index in [0.717, 1.165) is 0 Å². The van der Waals surface area contributed by atoms with Crippen molar-refractivity contribution in [2.45, 2.75) is 5.16 Å². The van der Waals surface area contributed by atoms with Gasteiger partial charge in [0, 0.05) is 12.6 Å². The molecule has 9 heteroatoms. The van der Waals surface area contributed by atoms with Crippen LogP contribution >= 0.6 is 11.8 Å². The number of benzene rings is 1. The highest BCUT2D eigenvalue weighted by atomic mass is 32.2. The van der Waals surface area contributed by atoms with Gasteiger partial charge in [0.15, 0.2) is 16.7 Å². The van der Waals surface area contributed by atoms with E-state index in [4.69, 9.17) is 4.42 Å². The van der Waals surface area contributed by atoms with Crippen molar-refractivity contribution in [3.05, 3.63) is 54.3 Å². The zero-order valence-electron chi connectivity index (χ0n) is 13.3. The van der Waals surface area contributed by atoms with E-state index in [0.29, 0.717) is 22.3 Å². The van der Waals surface area contributed by atoms with Gasteiger partial charge in [-0.2, -0.15) is 0 Å². The topological polar surface area (TPSA) is 102 Å². The fourth-order valence-corrected chi connectivity index (χ4v) is 2.73. The van der Waals surface area contributed by atoms with Gasteiger partial charge in [-0.1, -0.05) is 30.0 Å². The van der Waals surface area contributed by atoms with Gasteiger partial charge in [0.05, 0.1) is 12.0 Å². The molecule has 0 aliphatic rings. The van der Waals surface area contributed by atoms with Gasteiger partial charge in [0.25, 0.3) is 5.91 Å². The highest BCUT2D eigenvalue weighted by Crippen LogP contribution is 2.22. The van der Waals surface area contributed by atoms with Crippen LogP contribution in [0.25, 0.3) is 11.6 Å². The monoisotopic (exact) mass is 357 g/mol. The molecule has 0 aliphatic carbocycles. The lowest BCUT2D eigenvalue weighted by Crippen LogP contribution is -2.42. The van der Waals surface area contributed by atoms with Crippen molar-refractivity contribution in [1.82, 2.24) is 25.6 Å². The van der Waals surface area contributed by atoms with Crippen molar-refractivity contribution in [2.24, 2.45) is 7.05 Å². The average molecular weight is 357 g/mol. The number of nitrogens with one attached hydrogen (secondary N) is 2. The third-order valence-corrected chi connectivity index (χ3v) is 4.28. The highest BCUT2D eigenvalue weighted by Gasteiger charge is 2.14. The highest BCUT2D eigenvalue weighted by molar-refractivity contribution is 7.99. The Labute approximate surface area is 147 Å². The molecular formula is C16H15N5O3S. The first kappa shape index (κ1) is 16.8. The molecule has 2 N–H and O–H groups in total. The minimum Gasteiger partial charge on any atom is -0.461 e. The zero-order chi connectivity index (χ0) is 17.6. The van der Waals surface area contributed by atoms with E-state index < -0.39 is 0 Å². The number of rotatable bonds is 5. The third kappa shape index (κ3) is 4.07. The van der Waals surface area contributed by atoms with Crippen LogP contribution in [0.15, 0.2) is 58.3 Å². The van der Waals surface area contributed by atoms with Crippen LogP contribution < -0.4 is 10.9 Å². The molecule has 3 rings (SSSR count). The predicted molar refractivity (Wildman–Crippen MR) is 91.5 cm³/mol. The Morgan fingerprint density at radius 1 is 1.12 bits per heavy atom. The van der Waals surface area contributed by atoms with E-state index in [9.17, 15) is 9.59 Å². The second-order valence-corrected chi connectivity index (χ2v) is 5.94. The number of nitrogens with zero attached hydrogens (tertiary/aromatic N) is 3. The number of aromatic nitrogens is 3. The number of hydrogen-bond acceptors (Lipinski definition) is 6. The summed E-state index contributed by atoms with van der Waals surface area (Å²) in [6, 6.07) is 12.2. The Morgan fingerprint density at radius 2 is 1.92 bits per heavy atom. The molecule has 8 nitrogen and oxygen atoms in total. The first-order chi connectivity index (χ1) is 12.1. The fraction of sp³-hybridized carbons (Fsp3) is 0.125. The maximum absolute atomic E-state index is 11.9. The van der Waals surface area contributed by atoms with Crippen LogP contribution in [0.4, 0.5) is 0 Å². The largest absolute Gasteiger partial charge is 0.461 e. The summed E-state index contributed by atoms with van der Waals surface area (Å²) in [5, 5.41) is 8.65. The molecule has 0 bridgehead atoms. The molecule has 0 spiro atoms. The Balaban J connectivity index is 1.50. The van der Waals surface area contributed by atoms with Crippen LogP contribution in [0.1, 0.15) is 10.4 Å². The van der Waals surface area contributed by atoms with Gasteiger partial charge in [-0.15, -0.1) is 10.2 Å². The molecule has 2 heterocycles. The fourth-order valence-electron chi connectivity index (χ4n) is 2.02. The van der Waals surface area contributed by atoms with Crippen LogP contribution in [0.2, 0.25) is 0 Å². The summed E-state index contributed by atoms with van der Waals surface area (Å²) in [5.41, 5.74) is 5.20. The second kappa shape index (κ2) is 7.67. The molecule has 0 aliphatic heterocycles. The average Bonchev–Trinajstić information content (AvgIpc) is 3.28. The Hall–Kier alpha value is -3.07. The van der Waals surface area contributed by atoms with Gasteiger partial charge in [-0.3, -0.25) is 20.4 Å². The van der Waals surface area contributed by atoms with Gasteiger partial charge in [-0.05, 0) is 24.3 Å². The predicted octanol–water partition coefficient (Wildman–Crippen LogP) is 1.63. The quantitative estimate of drug-likeness (QED) is 0.531. The van der Waals surface area contributed by atoms with Gasteiger partial charge in [0.1, 0.15) is 0 Å². The summed E-state index contributed by atoms with van der Waals surface area (Å²) in [6.07, 6.45) is 1.56. The van der Waals surface area contributed by atoms with Crippen molar-refractivity contribution in [2.75, 3.05) is 5.75 Å². The van der Waals surface area contributed by atoms with Crippen molar-refractivity contribution < 1.29 is 14.0 Å². The zero-order valence-corrected chi connectivity index (χ0v) is 14.1. The number of thioether (sulfide) groups is 1. The van der Waals surface area contributed by atoms with Gasteiger partial charge in [-0.25, -0.2) is 0 Å². The molecule has 0 saturated carbocycles. The molecule has 0 radical (unpaired) electrons. The Kier molecular flexibility index (Phi) is 5.14. The first-order valence-electron chi connectivity index (χ1n) is 7.35. The second-order valence-electron chi connectivity index (χ2n) is 5.00. The molecule has 128 valence electrons. The van der Waals surface area contributed by atoms with Crippen molar-refractivity contribution in [3.8, 4) is 11.6 Å². The molecule has 0 saturated heterocycles. The standard InChI is InChI=1S/C16H15N5O3S/c1-21-14(12-8-5-9-24-12)18-20-16(21)25-10-13(22)17-19-15(23)11-6-3-2-4-7-11/h2-9H,10H2,1H3,(H,17,22)(H,19,23). The smallest absolute Gasteiger partial charge is 0.269 e. The van der Waals surface area contributed by atoms with Crippen LogP contribution in [0.5, 0.6) is 0 Å². The van der Waals surface area contributed by atoms with Crippen LogP contribution in [0.3, 0.4) is 0 Å². The molecule has 3 aromatic rings. The van der Waals surface area contributed by atoms with Crippen LogP contribution in [0, 0.1) is 0 Å². The minimum atomic E-state index is -0.377. The normalized spacial score (nSPS) is 10.4. The SMILES string of the molecule is Cn1c(SCC(=O)NNC(=O)c2ccccc2)nnc1-c1ccco1. The lowest BCUT2D eigenvalue weighted by molar-refractivity contribution is -0.119. The molecule has 2 aromatic heterocycles. The number of carbonyl (C=O) groups is 2. The Bertz CT molecular complexity index is 861. The van der Waals surface area contributed by atoms with E-state index >= 15 is 0 Å². The van der Waals surface area contributed by atoms with E-state index in [2.05, 4.69) is 21.0 Å². The lowest BCUT2D eigenvalue weighted by atomic mass is 10.2. The van der Waals surface area contributed by atoms with Crippen molar-refractivity contribution in [3.63, 3.8) is 0 Å². The van der Waals surface area contributed by atoms with Gasteiger partial charge in [0.2, 0.25) is 5.91 Å². The van der Waals surface area contributed by atoms with Crippen molar-refractivity contribution in [1.29, 1.82) is 0 Å². The van der Waals surface area contributed by atoms with E-state index in [-0.39, 0.29) is 17.6 Å². The van der Waals surface area contributed by atoms with Gasteiger partial charge >= 0.3 is 0 Å². The van der Waals surface area contributed by atoms with Gasteiger partial charge < -0.3 is 8.98 Å². The summed E-state index contributed by atoms with van der Waals surface area (Å²) >= 11 is 1.21. The van der Waals surface area contributed by atoms with E-state index in [1.165, 1.54) is 11.8 Å². The summed E-state index contributed by atoms with van der Waals surface area (Å²) in [4.78, 5) is 23.7. The molecule has 0 fully saturated rings. The number of amides is 2. The molecule has 0 atom stereocenters. The number of furan rings is 1. The summed E-state index contributed by atoms with van der Waals surface area (Å²) in [7, 11) is 1.79. The molecule has 25 heavy (non-hydrogen) atoms.